The lowest BCUT2D eigenvalue weighted by Crippen LogP contribution is -2.24. The van der Waals surface area contributed by atoms with Crippen LogP contribution in [0.5, 0.6) is 0 Å². The highest BCUT2D eigenvalue weighted by Crippen LogP contribution is 2.21. The lowest BCUT2D eigenvalue weighted by Gasteiger charge is -2.25. The second-order valence-electron chi connectivity index (χ2n) is 5.10. The van der Waals surface area contributed by atoms with Gasteiger partial charge in [0.1, 0.15) is 0 Å². The van der Waals surface area contributed by atoms with Gasteiger partial charge < -0.3 is 0 Å². The summed E-state index contributed by atoms with van der Waals surface area (Å²) in [4.78, 5) is 3.78. The Morgan fingerprint density at radius 3 is 2.43 bits per heavy atom. The monoisotopic (exact) mass is 324 g/mol. The van der Waals surface area contributed by atoms with E-state index in [-0.39, 0.29) is 10.9 Å². The Labute approximate surface area is 130 Å². The Morgan fingerprint density at radius 2 is 1.90 bits per heavy atom. The smallest absolute Gasteiger partial charge is 0.238 e. The van der Waals surface area contributed by atoms with E-state index < -0.39 is 10.0 Å². The highest BCUT2D eigenvalue weighted by molar-refractivity contribution is 7.89. The Morgan fingerprint density at radius 1 is 1.24 bits per heavy atom. The Hall–Kier alpha value is -1.21. The molecule has 0 unspecified atom stereocenters. The summed E-state index contributed by atoms with van der Waals surface area (Å²) in [7, 11) is -1.54. The molecule has 1 heterocycles. The molecule has 114 valence electrons. The summed E-state index contributed by atoms with van der Waals surface area (Å²) in [5.41, 5.74) is 1.08. The van der Waals surface area contributed by atoms with E-state index in [9.17, 15) is 8.42 Å². The van der Waals surface area contributed by atoms with Gasteiger partial charge in [-0.1, -0.05) is 18.2 Å². The van der Waals surface area contributed by atoms with Crippen molar-refractivity contribution < 1.29 is 8.42 Å². The summed E-state index contributed by atoms with van der Waals surface area (Å²) in [6.07, 6.45) is 1.02. The number of thiophene rings is 1. The highest BCUT2D eigenvalue weighted by Gasteiger charge is 2.13. The molecule has 1 atom stereocenters. The topological polar surface area (TPSA) is 63.4 Å². The molecule has 0 amide bonds. The molecule has 0 saturated heterocycles. The van der Waals surface area contributed by atoms with Crippen LogP contribution in [-0.2, 0) is 16.4 Å². The fraction of sp³-hybridized carbons (Fsp3) is 0.333. The molecule has 0 radical (unpaired) electrons. The van der Waals surface area contributed by atoms with Gasteiger partial charge in [0.2, 0.25) is 10.0 Å². The molecule has 0 aliphatic carbocycles. The van der Waals surface area contributed by atoms with Crippen LogP contribution in [0.2, 0.25) is 0 Å². The predicted molar refractivity (Wildman–Crippen MR) is 86.9 cm³/mol. The van der Waals surface area contributed by atoms with Gasteiger partial charge in [0.05, 0.1) is 4.90 Å². The SMILES string of the molecule is C[C@@H](c1ccc(S(N)(=O)=O)cc1)N(C)CCc1cccs1. The zero-order chi connectivity index (χ0) is 15.5. The zero-order valence-electron chi connectivity index (χ0n) is 12.2. The molecule has 21 heavy (non-hydrogen) atoms. The Bertz CT molecular complexity index is 664. The van der Waals surface area contributed by atoms with Gasteiger partial charge in [0.15, 0.2) is 0 Å². The van der Waals surface area contributed by atoms with E-state index in [0.717, 1.165) is 18.5 Å². The molecule has 6 heteroatoms. The van der Waals surface area contributed by atoms with E-state index in [4.69, 9.17) is 5.14 Å². The van der Waals surface area contributed by atoms with Gasteiger partial charge in [-0.2, -0.15) is 0 Å². The maximum Gasteiger partial charge on any atom is 0.238 e. The summed E-state index contributed by atoms with van der Waals surface area (Å²) in [6, 6.07) is 11.2. The lowest BCUT2D eigenvalue weighted by atomic mass is 10.1. The number of hydrogen-bond acceptors (Lipinski definition) is 4. The Kier molecular flexibility index (Phi) is 5.16. The first-order chi connectivity index (χ1) is 9.88. The average Bonchev–Trinajstić information content (AvgIpc) is 2.96. The van der Waals surface area contributed by atoms with Crippen LogP contribution in [0.1, 0.15) is 23.4 Å². The number of benzene rings is 1. The molecular formula is C15H20N2O2S2. The van der Waals surface area contributed by atoms with E-state index in [1.54, 1.807) is 23.5 Å². The normalized spacial score (nSPS) is 13.5. The van der Waals surface area contributed by atoms with E-state index in [2.05, 4.69) is 36.4 Å². The van der Waals surface area contributed by atoms with Crippen molar-refractivity contribution in [1.29, 1.82) is 0 Å². The van der Waals surface area contributed by atoms with Crippen molar-refractivity contribution in [1.82, 2.24) is 4.90 Å². The third-order valence-corrected chi connectivity index (χ3v) is 5.51. The van der Waals surface area contributed by atoms with Crippen LogP contribution >= 0.6 is 11.3 Å². The molecule has 2 N–H and O–H groups in total. The van der Waals surface area contributed by atoms with Crippen molar-refractivity contribution in [3.63, 3.8) is 0 Å². The van der Waals surface area contributed by atoms with Crippen molar-refractivity contribution >= 4 is 21.4 Å². The van der Waals surface area contributed by atoms with E-state index in [0.29, 0.717) is 0 Å². The first kappa shape index (κ1) is 16.2. The average molecular weight is 324 g/mol. The van der Waals surface area contributed by atoms with Gasteiger partial charge >= 0.3 is 0 Å². The molecule has 2 aromatic rings. The second kappa shape index (κ2) is 6.70. The van der Waals surface area contributed by atoms with Crippen LogP contribution < -0.4 is 5.14 Å². The second-order valence-corrected chi connectivity index (χ2v) is 7.69. The van der Waals surface area contributed by atoms with Crippen LogP contribution in [0.3, 0.4) is 0 Å². The third-order valence-electron chi connectivity index (χ3n) is 3.64. The molecule has 4 nitrogen and oxygen atoms in total. The minimum Gasteiger partial charge on any atom is -0.299 e. The van der Waals surface area contributed by atoms with Crippen LogP contribution in [0.25, 0.3) is 0 Å². The molecule has 2 rings (SSSR count). The van der Waals surface area contributed by atoms with Gasteiger partial charge in [-0.15, -0.1) is 11.3 Å². The molecule has 0 bridgehead atoms. The molecule has 1 aromatic heterocycles. The number of likely N-dealkylation sites (N-methyl/N-ethyl adjacent to an activating group) is 1. The number of primary sulfonamides is 1. The standard InChI is InChI=1S/C15H20N2O2S2/c1-12(17(2)10-9-14-4-3-11-20-14)13-5-7-15(8-6-13)21(16,18)19/h3-8,11-12H,9-10H2,1-2H3,(H2,16,18,19)/t12-/m0/s1. The number of nitrogens with zero attached hydrogens (tertiary/aromatic N) is 1. The van der Waals surface area contributed by atoms with Crippen molar-refractivity contribution in [3.8, 4) is 0 Å². The van der Waals surface area contributed by atoms with Gasteiger partial charge in [-0.3, -0.25) is 4.90 Å². The summed E-state index contributed by atoms with van der Waals surface area (Å²) in [5, 5.41) is 7.20. The molecule has 0 aliphatic rings. The lowest BCUT2D eigenvalue weighted by molar-refractivity contribution is 0.265. The first-order valence-corrected chi connectivity index (χ1v) is 9.16. The number of sulfonamides is 1. The summed E-state index contributed by atoms with van der Waals surface area (Å²) in [5.74, 6) is 0. The zero-order valence-corrected chi connectivity index (χ0v) is 13.8. The largest absolute Gasteiger partial charge is 0.299 e. The fourth-order valence-electron chi connectivity index (χ4n) is 2.13. The maximum absolute atomic E-state index is 11.3. The van der Waals surface area contributed by atoms with E-state index in [1.165, 1.54) is 4.88 Å². The van der Waals surface area contributed by atoms with Crippen molar-refractivity contribution in [2.75, 3.05) is 13.6 Å². The number of rotatable bonds is 6. The molecular weight excluding hydrogens is 304 g/mol. The Balaban J connectivity index is 2.00. The van der Waals surface area contributed by atoms with Crippen molar-refractivity contribution in [3.05, 3.63) is 52.2 Å². The van der Waals surface area contributed by atoms with Gasteiger partial charge in [0.25, 0.3) is 0 Å². The summed E-state index contributed by atoms with van der Waals surface area (Å²) < 4.78 is 22.5. The molecule has 0 fully saturated rings. The van der Waals surface area contributed by atoms with Crippen LogP contribution in [-0.4, -0.2) is 26.9 Å². The minimum absolute atomic E-state index is 0.152. The van der Waals surface area contributed by atoms with E-state index in [1.807, 2.05) is 12.1 Å². The van der Waals surface area contributed by atoms with Crippen LogP contribution in [0.15, 0.2) is 46.7 Å². The summed E-state index contributed by atoms with van der Waals surface area (Å²) in [6.45, 7) is 3.07. The van der Waals surface area contributed by atoms with Crippen molar-refractivity contribution in [2.24, 2.45) is 5.14 Å². The molecule has 0 saturated carbocycles. The molecule has 1 aromatic carbocycles. The third kappa shape index (κ3) is 4.38. The quantitative estimate of drug-likeness (QED) is 0.888. The van der Waals surface area contributed by atoms with Gasteiger partial charge in [0, 0.05) is 17.5 Å². The first-order valence-electron chi connectivity index (χ1n) is 6.73. The molecule has 0 aliphatic heterocycles. The van der Waals surface area contributed by atoms with Crippen LogP contribution in [0, 0.1) is 0 Å². The van der Waals surface area contributed by atoms with Gasteiger partial charge in [-0.05, 0) is 49.5 Å². The number of hydrogen-bond donors (Lipinski definition) is 1. The summed E-state index contributed by atoms with van der Waals surface area (Å²) >= 11 is 1.77. The predicted octanol–water partition coefficient (Wildman–Crippen LogP) is 2.63. The van der Waals surface area contributed by atoms with E-state index >= 15 is 0 Å². The molecule has 0 spiro atoms. The van der Waals surface area contributed by atoms with Crippen LogP contribution in [0.4, 0.5) is 0 Å². The fourth-order valence-corrected chi connectivity index (χ4v) is 3.34. The number of nitrogens with two attached hydrogens (primary N) is 1. The highest BCUT2D eigenvalue weighted by atomic mass is 32.2. The van der Waals surface area contributed by atoms with Crippen molar-refractivity contribution in [2.45, 2.75) is 24.3 Å². The van der Waals surface area contributed by atoms with Gasteiger partial charge in [-0.25, -0.2) is 13.6 Å². The maximum atomic E-state index is 11.3. The minimum atomic E-state index is -3.62.